The van der Waals surface area contributed by atoms with Gasteiger partial charge >= 0.3 is 6.03 Å². The highest BCUT2D eigenvalue weighted by molar-refractivity contribution is 5.75. The van der Waals surface area contributed by atoms with E-state index in [4.69, 9.17) is 0 Å². The number of nitrogens with one attached hydrogen (secondary N) is 2. The molecule has 102 valence electrons. The standard InChI is InChI=1S/C15H20N2O2/c18-11-14(12-7-3-1-4-8-12)17-15(19)16-13-9-5-2-6-10-13/h1,3-5,7-9,13-14,18H,2,6,10-11H2,(H2,16,17,19)/t13-,14+/m0/s1. The van der Waals surface area contributed by atoms with Gasteiger partial charge in [-0.2, -0.15) is 0 Å². The summed E-state index contributed by atoms with van der Waals surface area (Å²) >= 11 is 0. The van der Waals surface area contributed by atoms with Crippen molar-refractivity contribution in [2.75, 3.05) is 6.61 Å². The first-order valence-corrected chi connectivity index (χ1v) is 6.69. The highest BCUT2D eigenvalue weighted by atomic mass is 16.3. The SMILES string of the molecule is O=C(N[C@H]1C=CCCC1)N[C@H](CO)c1ccccc1. The van der Waals surface area contributed by atoms with Crippen LogP contribution >= 0.6 is 0 Å². The predicted octanol–water partition coefficient (Wildman–Crippen LogP) is 2.13. The molecular formula is C15H20N2O2. The molecule has 0 unspecified atom stereocenters. The molecule has 1 aromatic carbocycles. The molecule has 0 saturated heterocycles. The fourth-order valence-electron chi connectivity index (χ4n) is 2.22. The summed E-state index contributed by atoms with van der Waals surface area (Å²) in [6, 6.07) is 8.97. The molecule has 4 heteroatoms. The second-order valence-corrected chi connectivity index (χ2v) is 4.73. The average molecular weight is 260 g/mol. The summed E-state index contributed by atoms with van der Waals surface area (Å²) in [5.41, 5.74) is 0.902. The number of carbonyl (C=O) groups excluding carboxylic acids is 1. The molecule has 0 spiro atoms. The fourth-order valence-corrected chi connectivity index (χ4v) is 2.22. The third-order valence-corrected chi connectivity index (χ3v) is 3.26. The number of benzene rings is 1. The van der Waals surface area contributed by atoms with Crippen LogP contribution in [-0.4, -0.2) is 23.8 Å². The van der Waals surface area contributed by atoms with Crippen LogP contribution in [-0.2, 0) is 0 Å². The number of carbonyl (C=O) groups is 1. The highest BCUT2D eigenvalue weighted by Gasteiger charge is 2.16. The number of rotatable bonds is 4. The quantitative estimate of drug-likeness (QED) is 0.726. The first-order chi connectivity index (χ1) is 9.29. The lowest BCUT2D eigenvalue weighted by molar-refractivity contribution is 0.215. The van der Waals surface area contributed by atoms with Gasteiger partial charge in [-0.15, -0.1) is 0 Å². The normalized spacial score (nSPS) is 19.7. The van der Waals surface area contributed by atoms with Gasteiger partial charge < -0.3 is 15.7 Å². The van der Waals surface area contributed by atoms with Crippen molar-refractivity contribution in [3.05, 3.63) is 48.0 Å². The Morgan fingerprint density at radius 3 is 2.79 bits per heavy atom. The lowest BCUT2D eigenvalue weighted by Crippen LogP contribution is -2.44. The van der Waals surface area contributed by atoms with Crippen molar-refractivity contribution in [1.82, 2.24) is 10.6 Å². The van der Waals surface area contributed by atoms with Crippen LogP contribution in [0, 0.1) is 0 Å². The molecule has 3 N–H and O–H groups in total. The topological polar surface area (TPSA) is 61.4 Å². The number of aliphatic hydroxyl groups is 1. The van der Waals surface area contributed by atoms with Crippen LogP contribution < -0.4 is 10.6 Å². The van der Waals surface area contributed by atoms with Crippen molar-refractivity contribution in [3.63, 3.8) is 0 Å². The first kappa shape index (κ1) is 13.6. The van der Waals surface area contributed by atoms with Crippen LogP contribution in [0.15, 0.2) is 42.5 Å². The largest absolute Gasteiger partial charge is 0.394 e. The van der Waals surface area contributed by atoms with Crippen LogP contribution in [0.3, 0.4) is 0 Å². The van der Waals surface area contributed by atoms with Gasteiger partial charge in [-0.3, -0.25) is 0 Å². The van der Waals surface area contributed by atoms with E-state index >= 15 is 0 Å². The maximum atomic E-state index is 11.9. The number of allylic oxidation sites excluding steroid dienone is 1. The number of amides is 2. The summed E-state index contributed by atoms with van der Waals surface area (Å²) in [7, 11) is 0. The zero-order chi connectivity index (χ0) is 13.5. The molecule has 0 radical (unpaired) electrons. The Bertz CT molecular complexity index is 431. The van der Waals surface area contributed by atoms with E-state index in [2.05, 4.69) is 16.7 Å². The molecule has 2 amide bonds. The van der Waals surface area contributed by atoms with E-state index in [1.54, 1.807) is 0 Å². The van der Waals surface area contributed by atoms with Crippen LogP contribution in [0.5, 0.6) is 0 Å². The van der Waals surface area contributed by atoms with E-state index in [9.17, 15) is 9.90 Å². The molecule has 1 aliphatic carbocycles. The summed E-state index contributed by atoms with van der Waals surface area (Å²) in [5, 5.41) is 15.1. The minimum atomic E-state index is -0.367. The predicted molar refractivity (Wildman–Crippen MR) is 74.7 cm³/mol. The first-order valence-electron chi connectivity index (χ1n) is 6.69. The van der Waals surface area contributed by atoms with E-state index in [1.807, 2.05) is 36.4 Å². The second kappa shape index (κ2) is 6.95. The van der Waals surface area contributed by atoms with Crippen molar-refractivity contribution in [2.45, 2.75) is 31.3 Å². The third kappa shape index (κ3) is 4.10. The Labute approximate surface area is 113 Å². The van der Waals surface area contributed by atoms with Crippen molar-refractivity contribution in [3.8, 4) is 0 Å². The molecule has 2 rings (SSSR count). The monoisotopic (exact) mass is 260 g/mol. The summed E-state index contributed by atoms with van der Waals surface area (Å²) in [4.78, 5) is 11.9. The number of hydrogen-bond acceptors (Lipinski definition) is 2. The van der Waals surface area contributed by atoms with E-state index in [0.29, 0.717) is 0 Å². The summed E-state index contributed by atoms with van der Waals surface area (Å²) in [5.74, 6) is 0. The molecule has 0 fully saturated rings. The van der Waals surface area contributed by atoms with Gasteiger partial charge in [0.1, 0.15) is 0 Å². The molecule has 0 bridgehead atoms. The number of aliphatic hydroxyl groups excluding tert-OH is 1. The van der Waals surface area contributed by atoms with E-state index in [0.717, 1.165) is 24.8 Å². The molecular weight excluding hydrogens is 240 g/mol. The van der Waals surface area contributed by atoms with Gasteiger partial charge in [-0.25, -0.2) is 4.79 Å². The van der Waals surface area contributed by atoms with Gasteiger partial charge in [-0.05, 0) is 24.8 Å². The highest BCUT2D eigenvalue weighted by Crippen LogP contribution is 2.12. The molecule has 0 aromatic heterocycles. The molecule has 1 aromatic rings. The van der Waals surface area contributed by atoms with Crippen LogP contribution in [0.2, 0.25) is 0 Å². The summed E-state index contributed by atoms with van der Waals surface area (Å²) in [6.45, 7) is -0.113. The molecule has 0 heterocycles. The zero-order valence-corrected chi connectivity index (χ0v) is 10.9. The van der Waals surface area contributed by atoms with Crippen LogP contribution in [0.25, 0.3) is 0 Å². The summed E-state index contributed by atoms with van der Waals surface area (Å²) < 4.78 is 0. The molecule has 0 saturated carbocycles. The van der Waals surface area contributed by atoms with E-state index < -0.39 is 0 Å². The van der Waals surface area contributed by atoms with Gasteiger partial charge in [0.05, 0.1) is 12.6 Å². The van der Waals surface area contributed by atoms with Gasteiger partial charge in [0.2, 0.25) is 0 Å². The molecule has 4 nitrogen and oxygen atoms in total. The molecule has 1 aliphatic rings. The Morgan fingerprint density at radius 2 is 2.16 bits per heavy atom. The maximum Gasteiger partial charge on any atom is 0.315 e. The van der Waals surface area contributed by atoms with Crippen LogP contribution in [0.1, 0.15) is 30.9 Å². The van der Waals surface area contributed by atoms with Gasteiger partial charge in [-0.1, -0.05) is 42.5 Å². The number of urea groups is 1. The second-order valence-electron chi connectivity index (χ2n) is 4.73. The maximum absolute atomic E-state index is 11.9. The Hall–Kier alpha value is -1.81. The molecule has 19 heavy (non-hydrogen) atoms. The minimum Gasteiger partial charge on any atom is -0.394 e. The molecule has 2 atom stereocenters. The lowest BCUT2D eigenvalue weighted by Gasteiger charge is -2.21. The summed E-state index contributed by atoms with van der Waals surface area (Å²) in [6.07, 6.45) is 7.28. The van der Waals surface area contributed by atoms with E-state index in [1.165, 1.54) is 0 Å². The lowest BCUT2D eigenvalue weighted by atomic mass is 10.0. The minimum absolute atomic E-state index is 0.101. The van der Waals surface area contributed by atoms with Crippen molar-refractivity contribution >= 4 is 6.03 Å². The Morgan fingerprint density at radius 1 is 1.37 bits per heavy atom. The van der Waals surface area contributed by atoms with Crippen molar-refractivity contribution in [1.29, 1.82) is 0 Å². The Kier molecular flexibility index (Phi) is 4.98. The molecule has 0 aliphatic heterocycles. The average Bonchev–Trinajstić information content (AvgIpc) is 2.47. The van der Waals surface area contributed by atoms with Crippen LogP contribution in [0.4, 0.5) is 4.79 Å². The Balaban J connectivity index is 1.89. The van der Waals surface area contributed by atoms with Gasteiger partial charge in [0.25, 0.3) is 0 Å². The van der Waals surface area contributed by atoms with E-state index in [-0.39, 0.29) is 24.7 Å². The van der Waals surface area contributed by atoms with Gasteiger partial charge in [0, 0.05) is 6.04 Å². The van der Waals surface area contributed by atoms with Crippen molar-refractivity contribution in [2.24, 2.45) is 0 Å². The van der Waals surface area contributed by atoms with Gasteiger partial charge in [0.15, 0.2) is 0 Å². The number of hydrogen-bond donors (Lipinski definition) is 3. The third-order valence-electron chi connectivity index (χ3n) is 3.26. The zero-order valence-electron chi connectivity index (χ0n) is 10.9. The smallest absolute Gasteiger partial charge is 0.315 e. The fraction of sp³-hybridized carbons (Fsp3) is 0.400. The van der Waals surface area contributed by atoms with Crippen molar-refractivity contribution < 1.29 is 9.90 Å².